The topological polar surface area (TPSA) is 46.2 Å². The molecule has 3 N–H and O–H groups in total. The molecule has 1 aromatic rings. The molecule has 18 heavy (non-hydrogen) atoms. The van der Waals surface area contributed by atoms with Crippen LogP contribution in [0.25, 0.3) is 0 Å². The molecule has 0 radical (unpaired) electrons. The Labute approximate surface area is 110 Å². The van der Waals surface area contributed by atoms with Gasteiger partial charge in [-0.2, -0.15) is 0 Å². The molecule has 0 heterocycles. The molecule has 2 nitrogen and oxygen atoms in total. The van der Waals surface area contributed by atoms with E-state index in [-0.39, 0.29) is 16.5 Å². The standard InChI is InChI=1S/C13H16ClF2NO/c14-8-5-6-9(15)10(11(8)16)12(17)13(18)7-3-1-2-4-7/h5-7,12-13,18H,1-4,17H2/t12-,13+/m1/s1. The van der Waals surface area contributed by atoms with Crippen molar-refractivity contribution in [2.45, 2.75) is 37.8 Å². The summed E-state index contributed by atoms with van der Waals surface area (Å²) in [5, 5.41) is 9.93. The molecule has 0 amide bonds. The van der Waals surface area contributed by atoms with E-state index in [1.54, 1.807) is 0 Å². The summed E-state index contributed by atoms with van der Waals surface area (Å²) in [7, 11) is 0. The summed E-state index contributed by atoms with van der Waals surface area (Å²) >= 11 is 5.62. The molecular weight excluding hydrogens is 260 g/mol. The molecule has 1 aliphatic carbocycles. The molecule has 1 saturated carbocycles. The van der Waals surface area contributed by atoms with Crippen LogP contribution in [-0.4, -0.2) is 11.2 Å². The Kier molecular flexibility index (Phi) is 4.20. The first-order valence-corrected chi connectivity index (χ1v) is 6.47. The number of halogens is 3. The maximum Gasteiger partial charge on any atom is 0.149 e. The van der Waals surface area contributed by atoms with E-state index in [9.17, 15) is 13.9 Å². The fourth-order valence-corrected chi connectivity index (χ4v) is 2.78. The normalized spacial score (nSPS) is 20.1. The molecule has 1 fully saturated rings. The van der Waals surface area contributed by atoms with Crippen LogP contribution in [0.15, 0.2) is 12.1 Å². The molecule has 0 aliphatic heterocycles. The van der Waals surface area contributed by atoms with Gasteiger partial charge in [0.25, 0.3) is 0 Å². The third-order valence-electron chi connectivity index (χ3n) is 3.66. The SMILES string of the molecule is N[C@H](c1c(F)ccc(Cl)c1F)[C@@H](O)C1CCCC1. The number of hydrogen-bond donors (Lipinski definition) is 2. The number of benzene rings is 1. The maximum absolute atomic E-state index is 13.8. The summed E-state index contributed by atoms with van der Waals surface area (Å²) in [5.74, 6) is -1.62. The zero-order chi connectivity index (χ0) is 13.3. The van der Waals surface area contributed by atoms with Gasteiger partial charge in [0.15, 0.2) is 0 Å². The summed E-state index contributed by atoms with van der Waals surface area (Å²) in [6, 6.07) is 1.14. The first-order chi connectivity index (χ1) is 8.52. The van der Waals surface area contributed by atoms with Crippen molar-refractivity contribution < 1.29 is 13.9 Å². The highest BCUT2D eigenvalue weighted by atomic mass is 35.5. The number of rotatable bonds is 3. The van der Waals surface area contributed by atoms with E-state index in [1.165, 1.54) is 0 Å². The lowest BCUT2D eigenvalue weighted by Gasteiger charge is -2.25. The van der Waals surface area contributed by atoms with Crippen molar-refractivity contribution in [2.24, 2.45) is 11.7 Å². The average molecular weight is 276 g/mol. The van der Waals surface area contributed by atoms with Crippen molar-refractivity contribution in [1.82, 2.24) is 0 Å². The van der Waals surface area contributed by atoms with Gasteiger partial charge in [-0.1, -0.05) is 24.4 Å². The van der Waals surface area contributed by atoms with Crippen molar-refractivity contribution in [3.05, 3.63) is 34.4 Å². The van der Waals surface area contributed by atoms with E-state index in [1.807, 2.05) is 0 Å². The molecule has 2 rings (SSSR count). The zero-order valence-corrected chi connectivity index (χ0v) is 10.6. The highest BCUT2D eigenvalue weighted by Crippen LogP contribution is 2.35. The molecule has 0 saturated heterocycles. The van der Waals surface area contributed by atoms with Crippen LogP contribution >= 0.6 is 11.6 Å². The Morgan fingerprint density at radius 1 is 1.28 bits per heavy atom. The van der Waals surface area contributed by atoms with Gasteiger partial charge in [-0.15, -0.1) is 0 Å². The van der Waals surface area contributed by atoms with Crippen LogP contribution in [0.2, 0.25) is 5.02 Å². The zero-order valence-electron chi connectivity index (χ0n) is 9.87. The Morgan fingerprint density at radius 3 is 2.50 bits per heavy atom. The largest absolute Gasteiger partial charge is 0.391 e. The van der Waals surface area contributed by atoms with Crippen LogP contribution in [0.4, 0.5) is 8.78 Å². The predicted octanol–water partition coefficient (Wildman–Crippen LogP) is 3.17. The van der Waals surface area contributed by atoms with Crippen LogP contribution in [0.5, 0.6) is 0 Å². The third kappa shape index (κ3) is 2.51. The number of aliphatic hydroxyl groups excluding tert-OH is 1. The Morgan fingerprint density at radius 2 is 1.89 bits per heavy atom. The van der Waals surface area contributed by atoms with E-state index in [0.717, 1.165) is 37.8 Å². The van der Waals surface area contributed by atoms with Gasteiger partial charge in [-0.3, -0.25) is 0 Å². The van der Waals surface area contributed by atoms with Crippen LogP contribution in [0, 0.1) is 17.6 Å². The van der Waals surface area contributed by atoms with Crippen molar-refractivity contribution in [3.8, 4) is 0 Å². The second-order valence-electron chi connectivity index (χ2n) is 4.82. The third-order valence-corrected chi connectivity index (χ3v) is 3.96. The molecule has 0 spiro atoms. The minimum Gasteiger partial charge on any atom is -0.391 e. The lowest BCUT2D eigenvalue weighted by Crippen LogP contribution is -2.33. The highest BCUT2D eigenvalue weighted by Gasteiger charge is 2.32. The van der Waals surface area contributed by atoms with Crippen LogP contribution in [-0.2, 0) is 0 Å². The van der Waals surface area contributed by atoms with Crippen LogP contribution < -0.4 is 5.73 Å². The van der Waals surface area contributed by atoms with Crippen molar-refractivity contribution in [1.29, 1.82) is 0 Å². The molecule has 0 bridgehead atoms. The fourth-order valence-electron chi connectivity index (χ4n) is 2.61. The minimum atomic E-state index is -1.08. The molecule has 2 atom stereocenters. The lowest BCUT2D eigenvalue weighted by molar-refractivity contribution is 0.0819. The first kappa shape index (κ1) is 13.7. The number of nitrogens with two attached hydrogens (primary N) is 1. The summed E-state index contributed by atoms with van der Waals surface area (Å²) < 4.78 is 27.4. The summed E-state index contributed by atoms with van der Waals surface area (Å²) in [5.41, 5.74) is 5.48. The summed E-state index contributed by atoms with van der Waals surface area (Å²) in [6.45, 7) is 0. The van der Waals surface area contributed by atoms with E-state index >= 15 is 0 Å². The van der Waals surface area contributed by atoms with Crippen LogP contribution in [0.3, 0.4) is 0 Å². The first-order valence-electron chi connectivity index (χ1n) is 6.09. The highest BCUT2D eigenvalue weighted by molar-refractivity contribution is 6.30. The van der Waals surface area contributed by atoms with E-state index in [2.05, 4.69) is 0 Å². The quantitative estimate of drug-likeness (QED) is 0.833. The van der Waals surface area contributed by atoms with E-state index < -0.39 is 23.8 Å². The predicted molar refractivity (Wildman–Crippen MR) is 66.3 cm³/mol. The van der Waals surface area contributed by atoms with E-state index in [0.29, 0.717) is 0 Å². The van der Waals surface area contributed by atoms with Gasteiger partial charge in [-0.05, 0) is 30.9 Å². The van der Waals surface area contributed by atoms with Gasteiger partial charge < -0.3 is 10.8 Å². The molecule has 0 aromatic heterocycles. The molecule has 1 aliphatic rings. The molecule has 1 aromatic carbocycles. The average Bonchev–Trinajstić information content (AvgIpc) is 2.87. The lowest BCUT2D eigenvalue weighted by atomic mass is 9.90. The van der Waals surface area contributed by atoms with Crippen molar-refractivity contribution >= 4 is 11.6 Å². The Hall–Kier alpha value is -0.710. The minimum absolute atomic E-state index is 0.0118. The maximum atomic E-state index is 13.8. The van der Waals surface area contributed by atoms with Gasteiger partial charge in [0, 0.05) is 5.56 Å². The molecule has 0 unspecified atom stereocenters. The Bertz CT molecular complexity index is 435. The van der Waals surface area contributed by atoms with E-state index in [4.69, 9.17) is 17.3 Å². The van der Waals surface area contributed by atoms with Crippen molar-refractivity contribution in [2.75, 3.05) is 0 Å². The van der Waals surface area contributed by atoms with Crippen molar-refractivity contribution in [3.63, 3.8) is 0 Å². The smallest absolute Gasteiger partial charge is 0.149 e. The number of aliphatic hydroxyl groups is 1. The second-order valence-corrected chi connectivity index (χ2v) is 5.22. The monoisotopic (exact) mass is 275 g/mol. The second kappa shape index (κ2) is 5.51. The summed E-state index contributed by atoms with van der Waals surface area (Å²) in [4.78, 5) is 0. The molecular formula is C13H16ClF2NO. The molecule has 100 valence electrons. The van der Waals surface area contributed by atoms with Gasteiger partial charge in [0.1, 0.15) is 11.6 Å². The summed E-state index contributed by atoms with van der Waals surface area (Å²) in [6.07, 6.45) is 2.80. The van der Waals surface area contributed by atoms with Gasteiger partial charge in [0.2, 0.25) is 0 Å². The van der Waals surface area contributed by atoms with Crippen LogP contribution in [0.1, 0.15) is 37.3 Å². The Balaban J connectivity index is 2.27. The van der Waals surface area contributed by atoms with Gasteiger partial charge >= 0.3 is 0 Å². The number of hydrogen-bond acceptors (Lipinski definition) is 2. The molecule has 5 heteroatoms. The fraction of sp³-hybridized carbons (Fsp3) is 0.538. The van der Waals surface area contributed by atoms with Gasteiger partial charge in [0.05, 0.1) is 17.2 Å². The van der Waals surface area contributed by atoms with Gasteiger partial charge in [-0.25, -0.2) is 8.78 Å².